The topological polar surface area (TPSA) is 111 Å². The molecular formula is C20H26BrN5O4. The third-order valence-electron chi connectivity index (χ3n) is 5.39. The Morgan fingerprint density at radius 3 is 2.50 bits per heavy atom. The van der Waals surface area contributed by atoms with Crippen LogP contribution >= 0.6 is 15.9 Å². The van der Waals surface area contributed by atoms with Gasteiger partial charge in [0.05, 0.1) is 13.1 Å². The molecule has 1 aromatic carbocycles. The van der Waals surface area contributed by atoms with E-state index in [-0.39, 0.29) is 19.0 Å². The van der Waals surface area contributed by atoms with Crippen LogP contribution in [0, 0.1) is 6.92 Å². The summed E-state index contributed by atoms with van der Waals surface area (Å²) in [5, 5.41) is 6.31. The molecule has 2 aliphatic rings. The number of nitrogens with zero attached hydrogens (tertiary/aromatic N) is 2. The number of benzene rings is 1. The van der Waals surface area contributed by atoms with E-state index in [9.17, 15) is 19.2 Å². The number of imide groups is 1. The number of hydrazine groups is 1. The summed E-state index contributed by atoms with van der Waals surface area (Å²) in [5.41, 5.74) is 3.08. The van der Waals surface area contributed by atoms with Gasteiger partial charge in [0.15, 0.2) is 0 Å². The normalized spacial score (nSPS) is 17.9. The third-order valence-corrected chi connectivity index (χ3v) is 5.89. The minimum absolute atomic E-state index is 0.0208. The number of aryl methyl sites for hydroxylation is 1. The first-order valence-electron chi connectivity index (χ1n) is 9.91. The first-order chi connectivity index (χ1) is 14.2. The second-order valence-corrected chi connectivity index (χ2v) is 8.84. The van der Waals surface area contributed by atoms with Crippen molar-refractivity contribution >= 4 is 45.4 Å². The van der Waals surface area contributed by atoms with E-state index < -0.39 is 23.4 Å². The summed E-state index contributed by atoms with van der Waals surface area (Å²) in [7, 11) is 1.61. The number of urea groups is 1. The highest BCUT2D eigenvalue weighted by molar-refractivity contribution is 9.10. The minimum atomic E-state index is -0.892. The van der Waals surface area contributed by atoms with E-state index in [1.54, 1.807) is 13.1 Å². The minimum Gasteiger partial charge on any atom is -0.325 e. The molecule has 3 rings (SSSR count). The van der Waals surface area contributed by atoms with Crippen LogP contribution in [0.25, 0.3) is 0 Å². The summed E-state index contributed by atoms with van der Waals surface area (Å²) in [6.07, 6.45) is 3.93. The Balaban J connectivity index is 1.50. The zero-order valence-electron chi connectivity index (χ0n) is 17.1. The first kappa shape index (κ1) is 22.2. The molecule has 2 fully saturated rings. The van der Waals surface area contributed by atoms with Crippen molar-refractivity contribution < 1.29 is 19.2 Å². The Kier molecular flexibility index (Phi) is 6.77. The van der Waals surface area contributed by atoms with Crippen molar-refractivity contribution in [2.45, 2.75) is 44.6 Å². The van der Waals surface area contributed by atoms with Crippen molar-refractivity contribution in [3.8, 4) is 0 Å². The molecule has 1 spiro atoms. The molecule has 0 bridgehead atoms. The van der Waals surface area contributed by atoms with Gasteiger partial charge in [0, 0.05) is 10.2 Å². The molecule has 30 heavy (non-hydrogen) atoms. The van der Waals surface area contributed by atoms with Crippen LogP contribution in [0.3, 0.4) is 0 Å². The maximum atomic E-state index is 12.7. The van der Waals surface area contributed by atoms with Crippen molar-refractivity contribution in [2.24, 2.45) is 0 Å². The van der Waals surface area contributed by atoms with Crippen LogP contribution in [-0.4, -0.2) is 59.3 Å². The zero-order valence-corrected chi connectivity index (χ0v) is 18.7. The van der Waals surface area contributed by atoms with Gasteiger partial charge in [-0.2, -0.15) is 5.01 Å². The van der Waals surface area contributed by atoms with Crippen LogP contribution in [-0.2, 0) is 14.4 Å². The quantitative estimate of drug-likeness (QED) is 0.539. The number of hydrogen-bond donors (Lipinski definition) is 3. The molecule has 1 saturated heterocycles. The summed E-state index contributed by atoms with van der Waals surface area (Å²) in [4.78, 5) is 51.0. The van der Waals surface area contributed by atoms with Crippen molar-refractivity contribution in [3.63, 3.8) is 0 Å². The summed E-state index contributed by atoms with van der Waals surface area (Å²) in [5.74, 6) is -1.22. The maximum absolute atomic E-state index is 12.7. The number of halogens is 1. The lowest BCUT2D eigenvalue weighted by Crippen LogP contribution is -2.52. The second-order valence-electron chi connectivity index (χ2n) is 7.93. The third kappa shape index (κ3) is 4.99. The van der Waals surface area contributed by atoms with Crippen LogP contribution < -0.4 is 16.1 Å². The molecule has 1 heterocycles. The smallest absolute Gasteiger partial charge is 0.325 e. The lowest BCUT2D eigenvalue weighted by Gasteiger charge is -2.30. The lowest BCUT2D eigenvalue weighted by atomic mass is 9.82. The number of likely N-dealkylation sites (N-methyl/N-ethyl adjacent to an activating group) is 1. The summed E-state index contributed by atoms with van der Waals surface area (Å²) >= 11 is 3.38. The Morgan fingerprint density at radius 1 is 1.17 bits per heavy atom. The van der Waals surface area contributed by atoms with E-state index in [0.29, 0.717) is 18.5 Å². The van der Waals surface area contributed by atoms with E-state index in [1.165, 1.54) is 4.90 Å². The maximum Gasteiger partial charge on any atom is 0.344 e. The van der Waals surface area contributed by atoms with Crippen LogP contribution in [0.1, 0.15) is 37.7 Å². The van der Waals surface area contributed by atoms with E-state index in [0.717, 1.165) is 34.3 Å². The van der Waals surface area contributed by atoms with E-state index in [2.05, 4.69) is 32.0 Å². The Morgan fingerprint density at radius 2 is 1.83 bits per heavy atom. The monoisotopic (exact) mass is 479 g/mol. The van der Waals surface area contributed by atoms with Gasteiger partial charge in [-0.1, -0.05) is 35.2 Å². The molecule has 0 unspecified atom stereocenters. The number of carbonyl (C=O) groups excluding carboxylic acids is 4. The van der Waals surface area contributed by atoms with Crippen molar-refractivity contribution in [1.29, 1.82) is 0 Å². The Hall–Kier alpha value is -2.46. The number of nitrogens with one attached hydrogen (secondary N) is 3. The average Bonchev–Trinajstić information content (AvgIpc) is 2.88. The van der Waals surface area contributed by atoms with Gasteiger partial charge in [-0.05, 0) is 50.6 Å². The molecular weight excluding hydrogens is 454 g/mol. The summed E-state index contributed by atoms with van der Waals surface area (Å²) < 4.78 is 0.919. The Labute approximate surface area is 183 Å². The molecule has 3 N–H and O–H groups in total. The zero-order chi connectivity index (χ0) is 21.9. The molecule has 1 aliphatic carbocycles. The number of carbonyl (C=O) groups is 4. The Bertz CT molecular complexity index is 869. The van der Waals surface area contributed by atoms with E-state index >= 15 is 0 Å². The molecule has 0 radical (unpaired) electrons. The van der Waals surface area contributed by atoms with Crippen LogP contribution in [0.4, 0.5) is 10.5 Å². The van der Waals surface area contributed by atoms with Crippen molar-refractivity contribution in [1.82, 2.24) is 20.7 Å². The lowest BCUT2D eigenvalue weighted by molar-refractivity contribution is -0.140. The van der Waals surface area contributed by atoms with E-state index in [4.69, 9.17) is 0 Å². The summed E-state index contributed by atoms with van der Waals surface area (Å²) in [6, 6.07) is 4.91. The fraction of sp³-hybridized carbons (Fsp3) is 0.500. The highest BCUT2D eigenvalue weighted by Gasteiger charge is 2.52. The van der Waals surface area contributed by atoms with Crippen molar-refractivity contribution in [3.05, 3.63) is 28.2 Å². The standard InChI is InChI=1S/C20H26BrN5O4/c1-13-10-14(21)6-7-15(13)22-16(27)11-25(2)12-17(28)24-26-18(29)20(23-19(26)30)8-4-3-5-9-20/h6-7,10H,3-5,8-9,11-12H2,1-2H3,(H,22,27)(H,23,30)(H,24,28). The van der Waals surface area contributed by atoms with Gasteiger partial charge < -0.3 is 10.6 Å². The van der Waals surface area contributed by atoms with Gasteiger partial charge >= 0.3 is 6.03 Å². The number of rotatable bonds is 6. The largest absolute Gasteiger partial charge is 0.344 e. The van der Waals surface area contributed by atoms with Gasteiger partial charge in [0.1, 0.15) is 5.54 Å². The molecule has 9 nitrogen and oxygen atoms in total. The summed E-state index contributed by atoms with van der Waals surface area (Å²) in [6.45, 7) is 1.72. The second kappa shape index (κ2) is 9.13. The van der Waals surface area contributed by atoms with Gasteiger partial charge in [0.25, 0.3) is 11.8 Å². The highest BCUT2D eigenvalue weighted by atomic mass is 79.9. The van der Waals surface area contributed by atoms with Gasteiger partial charge in [0.2, 0.25) is 5.91 Å². The predicted octanol–water partition coefficient (Wildman–Crippen LogP) is 1.91. The molecule has 0 atom stereocenters. The fourth-order valence-electron chi connectivity index (χ4n) is 3.88. The van der Waals surface area contributed by atoms with Crippen LogP contribution in [0.15, 0.2) is 22.7 Å². The molecule has 1 aliphatic heterocycles. The predicted molar refractivity (Wildman–Crippen MR) is 114 cm³/mol. The molecule has 162 valence electrons. The molecule has 1 saturated carbocycles. The van der Waals surface area contributed by atoms with Gasteiger partial charge in [-0.15, -0.1) is 0 Å². The molecule has 1 aromatic rings. The van der Waals surface area contributed by atoms with Gasteiger partial charge in [-0.25, -0.2) is 4.79 Å². The SMILES string of the molecule is Cc1cc(Br)ccc1NC(=O)CN(C)CC(=O)NN1C(=O)NC2(CCCCC2)C1=O. The molecule has 5 amide bonds. The number of hydrogen-bond acceptors (Lipinski definition) is 5. The van der Waals surface area contributed by atoms with Crippen molar-refractivity contribution in [2.75, 3.05) is 25.5 Å². The highest BCUT2D eigenvalue weighted by Crippen LogP contribution is 2.32. The number of anilines is 1. The van der Waals surface area contributed by atoms with Crippen LogP contribution in [0.5, 0.6) is 0 Å². The van der Waals surface area contributed by atoms with Gasteiger partial charge in [-0.3, -0.25) is 24.7 Å². The van der Waals surface area contributed by atoms with Crippen LogP contribution in [0.2, 0.25) is 0 Å². The number of amides is 5. The molecule has 0 aromatic heterocycles. The van der Waals surface area contributed by atoms with E-state index in [1.807, 2.05) is 19.1 Å². The molecule has 10 heteroatoms. The average molecular weight is 480 g/mol. The first-order valence-corrected chi connectivity index (χ1v) is 10.7. The fourth-order valence-corrected chi connectivity index (χ4v) is 4.35.